The van der Waals surface area contributed by atoms with Crippen LogP contribution < -0.4 is 0 Å². The molecule has 80 valence electrons. The minimum absolute atomic E-state index is 0.500. The van der Waals surface area contributed by atoms with E-state index in [2.05, 4.69) is 0 Å². The van der Waals surface area contributed by atoms with Crippen molar-refractivity contribution >= 4 is 12.3 Å². The van der Waals surface area contributed by atoms with E-state index in [-0.39, 0.29) is 0 Å². The number of carbonyl (C=O) groups is 2. The smallest absolute Gasteiger partial charge is 0.450 e. The van der Waals surface area contributed by atoms with Crippen molar-refractivity contribution in [3.05, 3.63) is 0 Å². The van der Waals surface area contributed by atoms with Crippen LogP contribution in [0.3, 0.4) is 0 Å². The summed E-state index contributed by atoms with van der Waals surface area (Å²) >= 11 is 0. The van der Waals surface area contributed by atoms with Gasteiger partial charge in [0.05, 0.1) is 5.60 Å². The Kier molecular flexibility index (Phi) is 11.6. The molecule has 0 aromatic rings. The Hall–Kier alpha value is -1.50. The largest absolute Gasteiger partial charge is 0.503 e. The molecule has 0 bridgehead atoms. The van der Waals surface area contributed by atoms with E-state index in [1.54, 1.807) is 20.8 Å². The van der Waals surface area contributed by atoms with E-state index in [4.69, 9.17) is 35.1 Å². The lowest BCUT2D eigenvalue weighted by atomic mass is 10.2. The molecule has 0 aliphatic rings. The quantitative estimate of drug-likeness (QED) is 0.394. The lowest BCUT2D eigenvalue weighted by Crippen LogP contribution is -2.10. The van der Waals surface area contributed by atoms with Gasteiger partial charge < -0.3 is 25.5 Å². The summed E-state index contributed by atoms with van der Waals surface area (Å²) in [6.07, 6.45) is -3.67. The summed E-state index contributed by atoms with van der Waals surface area (Å²) < 4.78 is 0. The van der Waals surface area contributed by atoms with Gasteiger partial charge in [-0.15, -0.1) is 0 Å². The van der Waals surface area contributed by atoms with Gasteiger partial charge >= 0.3 is 12.3 Å². The summed E-state index contributed by atoms with van der Waals surface area (Å²) in [5.74, 6) is 0. The van der Waals surface area contributed by atoms with Crippen LogP contribution in [0.15, 0.2) is 0 Å². The Morgan fingerprint density at radius 1 is 0.846 bits per heavy atom. The van der Waals surface area contributed by atoms with Gasteiger partial charge in [0.15, 0.2) is 0 Å². The van der Waals surface area contributed by atoms with Crippen LogP contribution in [0.4, 0.5) is 9.59 Å². The predicted octanol–water partition coefficient (Wildman–Crippen LogP) is 1.22. The van der Waals surface area contributed by atoms with Crippen molar-refractivity contribution in [2.45, 2.75) is 26.4 Å². The highest BCUT2D eigenvalue weighted by atomic mass is 16.6. The zero-order valence-corrected chi connectivity index (χ0v) is 7.55. The SMILES string of the molecule is CC(C)(C)O.O=C(O)O.O=C(O)O. The van der Waals surface area contributed by atoms with Gasteiger partial charge in [0.2, 0.25) is 0 Å². The van der Waals surface area contributed by atoms with Crippen LogP contribution in [0, 0.1) is 0 Å². The number of hydrogen-bond acceptors (Lipinski definition) is 3. The predicted molar refractivity (Wildman–Crippen MR) is 43.3 cm³/mol. The van der Waals surface area contributed by atoms with E-state index in [0.29, 0.717) is 0 Å². The first-order chi connectivity index (χ1) is 5.46. The maximum atomic E-state index is 8.56. The molecule has 7 heteroatoms. The highest BCUT2D eigenvalue weighted by molar-refractivity contribution is 5.53. The second kappa shape index (κ2) is 8.60. The number of rotatable bonds is 0. The molecule has 0 saturated heterocycles. The van der Waals surface area contributed by atoms with Crippen LogP contribution in [-0.2, 0) is 0 Å². The fraction of sp³-hybridized carbons (Fsp3) is 0.667. The topological polar surface area (TPSA) is 135 Å². The first-order valence-corrected chi connectivity index (χ1v) is 3.03. The molecule has 0 unspecified atom stereocenters. The Morgan fingerprint density at radius 2 is 0.846 bits per heavy atom. The van der Waals surface area contributed by atoms with E-state index in [0.717, 1.165) is 0 Å². The van der Waals surface area contributed by atoms with Gasteiger partial charge in [-0.05, 0) is 20.8 Å². The van der Waals surface area contributed by atoms with Gasteiger partial charge in [0, 0.05) is 0 Å². The van der Waals surface area contributed by atoms with Gasteiger partial charge in [-0.3, -0.25) is 0 Å². The van der Waals surface area contributed by atoms with E-state index in [9.17, 15) is 0 Å². The van der Waals surface area contributed by atoms with Gasteiger partial charge in [0.1, 0.15) is 0 Å². The van der Waals surface area contributed by atoms with Gasteiger partial charge in [0.25, 0.3) is 0 Å². The van der Waals surface area contributed by atoms with Crippen molar-refractivity contribution in [2.75, 3.05) is 0 Å². The molecule has 0 fully saturated rings. The lowest BCUT2D eigenvalue weighted by molar-refractivity contribution is 0.102. The van der Waals surface area contributed by atoms with Gasteiger partial charge in [-0.2, -0.15) is 0 Å². The lowest BCUT2D eigenvalue weighted by Gasteiger charge is -2.04. The summed E-state index contributed by atoms with van der Waals surface area (Å²) in [5.41, 5.74) is -0.500. The molecule has 0 atom stereocenters. The summed E-state index contributed by atoms with van der Waals surface area (Å²) in [6, 6.07) is 0. The average molecular weight is 198 g/mol. The van der Waals surface area contributed by atoms with Crippen LogP contribution in [0.2, 0.25) is 0 Å². The molecule has 0 heterocycles. The molecule has 0 radical (unpaired) electrons. The molecule has 0 aromatic heterocycles. The van der Waals surface area contributed by atoms with Crippen molar-refractivity contribution in [2.24, 2.45) is 0 Å². The molecule has 0 rings (SSSR count). The molecule has 13 heavy (non-hydrogen) atoms. The maximum absolute atomic E-state index is 8.56. The third-order valence-corrected chi connectivity index (χ3v) is 0. The summed E-state index contributed by atoms with van der Waals surface area (Å²) in [4.78, 5) is 17.1. The van der Waals surface area contributed by atoms with E-state index < -0.39 is 17.9 Å². The van der Waals surface area contributed by atoms with Crippen molar-refractivity contribution < 1.29 is 35.1 Å². The fourth-order valence-corrected chi connectivity index (χ4v) is 0. The minimum Gasteiger partial charge on any atom is -0.450 e. The van der Waals surface area contributed by atoms with Crippen LogP contribution >= 0.6 is 0 Å². The highest BCUT2D eigenvalue weighted by Crippen LogP contribution is 1.93. The standard InChI is InChI=1S/C4H10O.2CH2O3/c1-4(2,3)5;2*2-1(3)4/h5H,1-3H3;2*(H2,2,3,4). The van der Waals surface area contributed by atoms with E-state index in [1.165, 1.54) is 0 Å². The van der Waals surface area contributed by atoms with Crippen molar-refractivity contribution in [1.82, 2.24) is 0 Å². The molecule has 0 amide bonds. The zero-order valence-electron chi connectivity index (χ0n) is 7.55. The van der Waals surface area contributed by atoms with Crippen LogP contribution in [-0.4, -0.2) is 43.4 Å². The fourth-order valence-electron chi connectivity index (χ4n) is 0. The number of hydrogen-bond donors (Lipinski definition) is 5. The number of aliphatic hydroxyl groups is 1. The summed E-state index contributed by atoms with van der Waals surface area (Å²) in [5, 5.41) is 36.4. The summed E-state index contributed by atoms with van der Waals surface area (Å²) in [7, 11) is 0. The van der Waals surface area contributed by atoms with E-state index in [1.807, 2.05) is 0 Å². The van der Waals surface area contributed by atoms with Crippen LogP contribution in [0.5, 0.6) is 0 Å². The Labute approximate surface area is 74.9 Å². The second-order valence-electron chi connectivity index (χ2n) is 2.74. The van der Waals surface area contributed by atoms with Crippen LogP contribution in [0.25, 0.3) is 0 Å². The Bertz CT molecular complexity index is 120. The van der Waals surface area contributed by atoms with E-state index >= 15 is 0 Å². The maximum Gasteiger partial charge on any atom is 0.503 e. The molecular weight excluding hydrogens is 184 g/mol. The molecule has 0 aliphatic heterocycles. The monoisotopic (exact) mass is 198 g/mol. The molecule has 0 aromatic carbocycles. The molecule has 5 N–H and O–H groups in total. The molecule has 7 nitrogen and oxygen atoms in total. The normalized spacial score (nSPS) is 8.31. The Balaban J connectivity index is -0.000000117. The molecule has 0 spiro atoms. The van der Waals surface area contributed by atoms with Crippen molar-refractivity contribution in [1.29, 1.82) is 0 Å². The summed E-state index contributed by atoms with van der Waals surface area (Å²) in [6.45, 7) is 5.23. The molecular formula is C6H14O7. The second-order valence-corrected chi connectivity index (χ2v) is 2.74. The first-order valence-electron chi connectivity index (χ1n) is 3.03. The van der Waals surface area contributed by atoms with Crippen LogP contribution in [0.1, 0.15) is 20.8 Å². The Morgan fingerprint density at radius 3 is 0.846 bits per heavy atom. The van der Waals surface area contributed by atoms with Gasteiger partial charge in [-0.1, -0.05) is 0 Å². The first kappa shape index (κ1) is 17.5. The molecule has 0 aliphatic carbocycles. The molecule has 0 saturated carbocycles. The zero-order chi connectivity index (χ0) is 11.7. The average Bonchev–Trinajstić information content (AvgIpc) is 1.50. The van der Waals surface area contributed by atoms with Gasteiger partial charge in [-0.25, -0.2) is 9.59 Å². The van der Waals surface area contributed by atoms with Crippen molar-refractivity contribution in [3.8, 4) is 0 Å². The number of carboxylic acid groups (broad SMARTS) is 4. The van der Waals surface area contributed by atoms with Crippen molar-refractivity contribution in [3.63, 3.8) is 0 Å². The third-order valence-electron chi connectivity index (χ3n) is 0. The highest BCUT2D eigenvalue weighted by Gasteiger charge is 1.97. The third kappa shape index (κ3) is 337. The minimum atomic E-state index is -1.83.